The number of rotatable bonds is 5. The lowest BCUT2D eigenvalue weighted by Crippen LogP contribution is -2.37. The number of hydrogen-bond acceptors (Lipinski definition) is 2. The van der Waals surface area contributed by atoms with Crippen LogP contribution in [0.25, 0.3) is 0 Å². The molecule has 0 aliphatic carbocycles. The third-order valence-electron chi connectivity index (χ3n) is 2.95. The molecule has 3 nitrogen and oxygen atoms in total. The first-order valence-electron chi connectivity index (χ1n) is 6.52. The van der Waals surface area contributed by atoms with E-state index in [1.165, 1.54) is 12.1 Å². The minimum Gasteiger partial charge on any atom is -0.312 e. The maximum atomic E-state index is 4.38. The van der Waals surface area contributed by atoms with Crippen LogP contribution in [0.15, 0.2) is 6.07 Å². The molecule has 0 radical (unpaired) electrons. The molecule has 3 heteroatoms. The molecule has 1 unspecified atom stereocenters. The molecule has 0 saturated heterocycles. The Hall–Kier alpha value is -0.830. The topological polar surface area (TPSA) is 29.9 Å². The molecule has 0 aliphatic heterocycles. The Bertz CT molecular complexity index is 347. The number of aryl methyl sites for hydroxylation is 2. The van der Waals surface area contributed by atoms with E-state index in [-0.39, 0.29) is 5.54 Å². The van der Waals surface area contributed by atoms with Crippen molar-refractivity contribution in [2.24, 2.45) is 13.0 Å². The SMILES string of the molecule is Cc1cc(CC(C)CCNC(C)(C)C)n(C)n1. The second-order valence-corrected chi connectivity index (χ2v) is 6.18. The van der Waals surface area contributed by atoms with E-state index in [1.807, 2.05) is 11.7 Å². The van der Waals surface area contributed by atoms with Crippen LogP contribution in [0.4, 0.5) is 0 Å². The van der Waals surface area contributed by atoms with E-state index in [0.29, 0.717) is 5.92 Å². The van der Waals surface area contributed by atoms with Crippen molar-refractivity contribution >= 4 is 0 Å². The molecule has 0 bridgehead atoms. The summed E-state index contributed by atoms with van der Waals surface area (Å²) in [5, 5.41) is 7.92. The minimum atomic E-state index is 0.225. The maximum Gasteiger partial charge on any atom is 0.0596 e. The third kappa shape index (κ3) is 5.35. The van der Waals surface area contributed by atoms with Gasteiger partial charge in [-0.05, 0) is 59.1 Å². The lowest BCUT2D eigenvalue weighted by Gasteiger charge is -2.22. The standard InChI is InChI=1S/C14H27N3/c1-11(7-8-15-14(3,4)5)9-13-10-12(2)16-17(13)6/h10-11,15H,7-9H2,1-6H3. The molecule has 1 atom stereocenters. The second kappa shape index (κ2) is 5.67. The van der Waals surface area contributed by atoms with Crippen LogP contribution >= 0.6 is 0 Å². The number of nitrogens with one attached hydrogen (secondary N) is 1. The predicted octanol–water partition coefficient (Wildman–Crippen LogP) is 2.69. The van der Waals surface area contributed by atoms with Crippen molar-refractivity contribution in [3.05, 3.63) is 17.5 Å². The van der Waals surface area contributed by atoms with E-state index in [1.54, 1.807) is 0 Å². The van der Waals surface area contributed by atoms with Gasteiger partial charge in [0.15, 0.2) is 0 Å². The Morgan fingerprint density at radius 3 is 2.53 bits per heavy atom. The second-order valence-electron chi connectivity index (χ2n) is 6.18. The summed E-state index contributed by atoms with van der Waals surface area (Å²) >= 11 is 0. The summed E-state index contributed by atoms with van der Waals surface area (Å²) in [5.74, 6) is 0.694. The van der Waals surface area contributed by atoms with Crippen LogP contribution in [0.5, 0.6) is 0 Å². The minimum absolute atomic E-state index is 0.225. The first-order valence-corrected chi connectivity index (χ1v) is 6.52. The molecule has 1 N–H and O–H groups in total. The molecule has 17 heavy (non-hydrogen) atoms. The van der Waals surface area contributed by atoms with Crippen LogP contribution in [0.3, 0.4) is 0 Å². The molecule has 0 amide bonds. The number of hydrogen-bond donors (Lipinski definition) is 1. The highest BCUT2D eigenvalue weighted by atomic mass is 15.3. The van der Waals surface area contributed by atoms with Crippen LogP contribution in [0.2, 0.25) is 0 Å². The van der Waals surface area contributed by atoms with E-state index < -0.39 is 0 Å². The van der Waals surface area contributed by atoms with Gasteiger partial charge in [-0.25, -0.2) is 0 Å². The lowest BCUT2D eigenvalue weighted by atomic mass is 10.0. The van der Waals surface area contributed by atoms with E-state index in [9.17, 15) is 0 Å². The number of aromatic nitrogens is 2. The molecule has 1 heterocycles. The summed E-state index contributed by atoms with van der Waals surface area (Å²) in [6.07, 6.45) is 2.32. The fourth-order valence-corrected chi connectivity index (χ4v) is 2.01. The van der Waals surface area contributed by atoms with E-state index >= 15 is 0 Å². The quantitative estimate of drug-likeness (QED) is 0.853. The van der Waals surface area contributed by atoms with Gasteiger partial charge in [-0.2, -0.15) is 5.10 Å². The zero-order valence-corrected chi connectivity index (χ0v) is 12.2. The summed E-state index contributed by atoms with van der Waals surface area (Å²) in [5.41, 5.74) is 2.68. The first-order chi connectivity index (χ1) is 7.78. The molecule has 0 saturated carbocycles. The van der Waals surface area contributed by atoms with Gasteiger partial charge >= 0.3 is 0 Å². The van der Waals surface area contributed by atoms with Gasteiger partial charge < -0.3 is 5.32 Å². The summed E-state index contributed by atoms with van der Waals surface area (Å²) in [4.78, 5) is 0. The lowest BCUT2D eigenvalue weighted by molar-refractivity contribution is 0.391. The van der Waals surface area contributed by atoms with Crippen molar-refractivity contribution in [1.82, 2.24) is 15.1 Å². The highest BCUT2D eigenvalue weighted by molar-refractivity contribution is 5.09. The highest BCUT2D eigenvalue weighted by Crippen LogP contribution is 2.12. The molecule has 1 rings (SSSR count). The Labute approximate surface area is 106 Å². The van der Waals surface area contributed by atoms with Crippen molar-refractivity contribution in [3.8, 4) is 0 Å². The van der Waals surface area contributed by atoms with Crippen LogP contribution in [0.1, 0.15) is 45.5 Å². The van der Waals surface area contributed by atoms with Gasteiger partial charge in [0.2, 0.25) is 0 Å². The number of nitrogens with zero attached hydrogens (tertiary/aromatic N) is 2. The van der Waals surface area contributed by atoms with Gasteiger partial charge in [-0.1, -0.05) is 6.92 Å². The predicted molar refractivity (Wildman–Crippen MR) is 73.2 cm³/mol. The normalized spacial score (nSPS) is 14.0. The molecule has 0 aliphatic rings. The highest BCUT2D eigenvalue weighted by Gasteiger charge is 2.11. The summed E-state index contributed by atoms with van der Waals surface area (Å²) in [7, 11) is 2.03. The zero-order valence-electron chi connectivity index (χ0n) is 12.2. The fourth-order valence-electron chi connectivity index (χ4n) is 2.01. The molecule has 0 spiro atoms. The Balaban J connectivity index is 2.35. The maximum absolute atomic E-state index is 4.38. The van der Waals surface area contributed by atoms with Gasteiger partial charge in [0.05, 0.1) is 5.69 Å². The van der Waals surface area contributed by atoms with Crippen molar-refractivity contribution in [3.63, 3.8) is 0 Å². The molecular weight excluding hydrogens is 210 g/mol. The molecule has 98 valence electrons. The third-order valence-corrected chi connectivity index (χ3v) is 2.95. The summed E-state index contributed by atoms with van der Waals surface area (Å²) in [6.45, 7) is 12.1. The van der Waals surface area contributed by atoms with Gasteiger partial charge in [0.1, 0.15) is 0 Å². The Kier molecular flexibility index (Phi) is 4.75. The van der Waals surface area contributed by atoms with Gasteiger partial charge in [0, 0.05) is 18.3 Å². The smallest absolute Gasteiger partial charge is 0.0596 e. The zero-order chi connectivity index (χ0) is 13.1. The van der Waals surface area contributed by atoms with Gasteiger partial charge in [-0.15, -0.1) is 0 Å². The molecular formula is C14H27N3. The van der Waals surface area contributed by atoms with Gasteiger partial charge in [-0.3, -0.25) is 4.68 Å². The van der Waals surface area contributed by atoms with Crippen LogP contribution in [-0.4, -0.2) is 21.9 Å². The molecule has 0 aromatic carbocycles. The Morgan fingerprint density at radius 2 is 2.06 bits per heavy atom. The molecule has 0 fully saturated rings. The monoisotopic (exact) mass is 237 g/mol. The molecule has 1 aromatic heterocycles. The van der Waals surface area contributed by atoms with Crippen LogP contribution in [-0.2, 0) is 13.5 Å². The van der Waals surface area contributed by atoms with Crippen molar-refractivity contribution in [2.45, 2.75) is 53.0 Å². The largest absolute Gasteiger partial charge is 0.312 e. The van der Waals surface area contributed by atoms with E-state index in [4.69, 9.17) is 0 Å². The van der Waals surface area contributed by atoms with E-state index in [0.717, 1.165) is 18.7 Å². The average Bonchev–Trinajstić information content (AvgIpc) is 2.42. The fraction of sp³-hybridized carbons (Fsp3) is 0.786. The van der Waals surface area contributed by atoms with Crippen LogP contribution in [0, 0.1) is 12.8 Å². The van der Waals surface area contributed by atoms with Crippen molar-refractivity contribution in [1.29, 1.82) is 0 Å². The van der Waals surface area contributed by atoms with Crippen LogP contribution < -0.4 is 5.32 Å². The summed E-state index contributed by atoms with van der Waals surface area (Å²) in [6, 6.07) is 2.19. The van der Waals surface area contributed by atoms with Crippen molar-refractivity contribution < 1.29 is 0 Å². The van der Waals surface area contributed by atoms with Gasteiger partial charge in [0.25, 0.3) is 0 Å². The first kappa shape index (κ1) is 14.2. The summed E-state index contributed by atoms with van der Waals surface area (Å²) < 4.78 is 2.00. The Morgan fingerprint density at radius 1 is 1.41 bits per heavy atom. The average molecular weight is 237 g/mol. The van der Waals surface area contributed by atoms with Crippen molar-refractivity contribution in [2.75, 3.05) is 6.54 Å². The van der Waals surface area contributed by atoms with E-state index in [2.05, 4.69) is 51.1 Å². The molecule has 1 aromatic rings.